The normalized spacial score (nSPS) is 11.7. The van der Waals surface area contributed by atoms with Crippen molar-refractivity contribution in [3.05, 3.63) is 94.8 Å². The number of halogens is 2. The standard InChI is InChI=1S/C22H19ClFNO2/c1-27-20-12-4-15(5-13-20)21(25-19-10-6-17(23)7-11-19)14-22(26)16-2-8-18(24)9-3-16/h2-13,21,25H,14H2,1H3. The zero-order valence-corrected chi connectivity index (χ0v) is 15.5. The monoisotopic (exact) mass is 383 g/mol. The quantitative estimate of drug-likeness (QED) is 0.515. The maximum absolute atomic E-state index is 13.1. The van der Waals surface area contributed by atoms with Crippen LogP contribution in [0.25, 0.3) is 0 Å². The number of carbonyl (C=O) groups is 1. The van der Waals surface area contributed by atoms with E-state index in [0.717, 1.165) is 17.0 Å². The van der Waals surface area contributed by atoms with E-state index in [-0.39, 0.29) is 24.1 Å². The Morgan fingerprint density at radius 3 is 2.22 bits per heavy atom. The van der Waals surface area contributed by atoms with Crippen LogP contribution in [0.5, 0.6) is 5.75 Å². The Morgan fingerprint density at radius 2 is 1.63 bits per heavy atom. The van der Waals surface area contributed by atoms with Crippen molar-refractivity contribution in [2.45, 2.75) is 12.5 Å². The average molecular weight is 384 g/mol. The number of anilines is 1. The summed E-state index contributed by atoms with van der Waals surface area (Å²) in [5.74, 6) is 0.309. The van der Waals surface area contributed by atoms with Crippen molar-refractivity contribution in [1.29, 1.82) is 0 Å². The summed E-state index contributed by atoms with van der Waals surface area (Å²) in [6.45, 7) is 0. The van der Waals surface area contributed by atoms with E-state index in [1.807, 2.05) is 36.4 Å². The van der Waals surface area contributed by atoms with E-state index in [4.69, 9.17) is 16.3 Å². The molecule has 0 heterocycles. The van der Waals surface area contributed by atoms with E-state index in [9.17, 15) is 9.18 Å². The van der Waals surface area contributed by atoms with Gasteiger partial charge in [0.25, 0.3) is 0 Å². The highest BCUT2D eigenvalue weighted by Gasteiger charge is 2.18. The minimum atomic E-state index is -0.363. The predicted molar refractivity (Wildman–Crippen MR) is 106 cm³/mol. The third-order valence-electron chi connectivity index (χ3n) is 4.26. The second kappa shape index (κ2) is 8.69. The minimum absolute atomic E-state index is 0.0720. The first kappa shape index (κ1) is 18.9. The van der Waals surface area contributed by atoms with Crippen molar-refractivity contribution in [3.63, 3.8) is 0 Å². The van der Waals surface area contributed by atoms with Crippen LogP contribution in [0.3, 0.4) is 0 Å². The number of Topliss-reactive ketones (excluding diaryl/α,β-unsaturated/α-hetero) is 1. The van der Waals surface area contributed by atoms with E-state index in [1.165, 1.54) is 24.3 Å². The van der Waals surface area contributed by atoms with Crippen molar-refractivity contribution < 1.29 is 13.9 Å². The van der Waals surface area contributed by atoms with Crippen molar-refractivity contribution in [3.8, 4) is 5.75 Å². The van der Waals surface area contributed by atoms with Crippen LogP contribution in [0, 0.1) is 5.82 Å². The molecule has 0 aliphatic rings. The molecule has 1 atom stereocenters. The van der Waals surface area contributed by atoms with Gasteiger partial charge in [-0.25, -0.2) is 4.39 Å². The van der Waals surface area contributed by atoms with Crippen LogP contribution in [-0.2, 0) is 0 Å². The fraction of sp³-hybridized carbons (Fsp3) is 0.136. The number of methoxy groups -OCH3 is 1. The molecule has 0 radical (unpaired) electrons. The van der Waals surface area contributed by atoms with E-state index in [0.29, 0.717) is 10.6 Å². The highest BCUT2D eigenvalue weighted by Crippen LogP contribution is 2.27. The number of ether oxygens (including phenoxy) is 1. The number of hydrogen-bond acceptors (Lipinski definition) is 3. The van der Waals surface area contributed by atoms with Crippen LogP contribution in [0.2, 0.25) is 5.02 Å². The molecule has 0 fully saturated rings. The number of ketones is 1. The van der Waals surface area contributed by atoms with Gasteiger partial charge in [-0.05, 0) is 66.2 Å². The van der Waals surface area contributed by atoms with Crippen molar-refractivity contribution in [2.75, 3.05) is 12.4 Å². The molecule has 3 aromatic carbocycles. The topological polar surface area (TPSA) is 38.3 Å². The first-order chi connectivity index (χ1) is 13.0. The van der Waals surface area contributed by atoms with Gasteiger partial charge >= 0.3 is 0 Å². The van der Waals surface area contributed by atoms with Gasteiger partial charge in [-0.2, -0.15) is 0 Å². The molecule has 0 amide bonds. The van der Waals surface area contributed by atoms with Gasteiger partial charge in [0.15, 0.2) is 5.78 Å². The molecule has 0 saturated heterocycles. The first-order valence-corrected chi connectivity index (χ1v) is 8.88. The number of nitrogens with one attached hydrogen (secondary N) is 1. The highest BCUT2D eigenvalue weighted by molar-refractivity contribution is 6.30. The Morgan fingerprint density at radius 1 is 1.00 bits per heavy atom. The van der Waals surface area contributed by atoms with Gasteiger partial charge in [0.2, 0.25) is 0 Å². The third-order valence-corrected chi connectivity index (χ3v) is 4.51. The third kappa shape index (κ3) is 5.08. The van der Waals surface area contributed by atoms with Crippen molar-refractivity contribution >= 4 is 23.1 Å². The Balaban J connectivity index is 1.84. The minimum Gasteiger partial charge on any atom is -0.497 e. The molecular weight excluding hydrogens is 365 g/mol. The summed E-state index contributed by atoms with van der Waals surface area (Å²) >= 11 is 5.95. The van der Waals surface area contributed by atoms with Crippen LogP contribution in [0.1, 0.15) is 28.4 Å². The highest BCUT2D eigenvalue weighted by atomic mass is 35.5. The molecule has 5 heteroatoms. The second-order valence-corrected chi connectivity index (χ2v) is 6.55. The maximum Gasteiger partial charge on any atom is 0.165 e. The molecule has 1 unspecified atom stereocenters. The fourth-order valence-corrected chi connectivity index (χ4v) is 2.90. The van der Waals surface area contributed by atoms with E-state index >= 15 is 0 Å². The van der Waals surface area contributed by atoms with Crippen LogP contribution in [0.4, 0.5) is 10.1 Å². The summed E-state index contributed by atoms with van der Waals surface area (Å²) < 4.78 is 18.3. The van der Waals surface area contributed by atoms with E-state index in [2.05, 4.69) is 5.32 Å². The number of hydrogen-bond donors (Lipinski definition) is 1. The van der Waals surface area contributed by atoms with Crippen LogP contribution < -0.4 is 10.1 Å². The van der Waals surface area contributed by atoms with E-state index < -0.39 is 0 Å². The molecule has 3 rings (SSSR count). The van der Waals surface area contributed by atoms with Crippen molar-refractivity contribution in [1.82, 2.24) is 0 Å². The molecule has 0 aliphatic heterocycles. The lowest BCUT2D eigenvalue weighted by molar-refractivity contribution is 0.0976. The van der Waals surface area contributed by atoms with Gasteiger partial charge in [0, 0.05) is 22.7 Å². The lowest BCUT2D eigenvalue weighted by Gasteiger charge is -2.20. The van der Waals surface area contributed by atoms with Crippen molar-refractivity contribution in [2.24, 2.45) is 0 Å². The zero-order valence-electron chi connectivity index (χ0n) is 14.8. The molecule has 0 aliphatic carbocycles. The van der Waals surface area contributed by atoms with Gasteiger partial charge in [-0.1, -0.05) is 23.7 Å². The first-order valence-electron chi connectivity index (χ1n) is 8.50. The Labute approximate surface area is 162 Å². The van der Waals surface area contributed by atoms with Gasteiger partial charge in [0.05, 0.1) is 13.2 Å². The molecule has 0 bridgehead atoms. The molecule has 3 nitrogen and oxygen atoms in total. The van der Waals surface area contributed by atoms with Crippen LogP contribution >= 0.6 is 11.6 Å². The smallest absolute Gasteiger partial charge is 0.165 e. The van der Waals surface area contributed by atoms with Crippen LogP contribution in [0.15, 0.2) is 72.8 Å². The summed E-state index contributed by atoms with van der Waals surface area (Å²) in [5, 5.41) is 4.02. The summed E-state index contributed by atoms with van der Waals surface area (Å²) in [6, 6.07) is 20.2. The summed E-state index contributed by atoms with van der Waals surface area (Å²) in [4.78, 5) is 12.7. The molecule has 0 aromatic heterocycles. The summed E-state index contributed by atoms with van der Waals surface area (Å²) in [5.41, 5.74) is 2.28. The lowest BCUT2D eigenvalue weighted by Crippen LogP contribution is -2.16. The number of carbonyl (C=O) groups excluding carboxylic acids is 1. The van der Waals surface area contributed by atoms with Crippen LogP contribution in [-0.4, -0.2) is 12.9 Å². The van der Waals surface area contributed by atoms with Gasteiger partial charge in [-0.15, -0.1) is 0 Å². The maximum atomic E-state index is 13.1. The average Bonchev–Trinajstić information content (AvgIpc) is 2.69. The zero-order chi connectivity index (χ0) is 19.2. The Bertz CT molecular complexity index is 893. The van der Waals surface area contributed by atoms with E-state index in [1.54, 1.807) is 19.2 Å². The SMILES string of the molecule is COc1ccc(C(CC(=O)c2ccc(F)cc2)Nc2ccc(Cl)cc2)cc1. The Hall–Kier alpha value is -2.85. The largest absolute Gasteiger partial charge is 0.497 e. The molecule has 138 valence electrons. The molecular formula is C22H19ClFNO2. The molecule has 27 heavy (non-hydrogen) atoms. The molecule has 0 spiro atoms. The summed E-state index contributed by atoms with van der Waals surface area (Å²) in [7, 11) is 1.61. The van der Waals surface area contributed by atoms with Gasteiger partial charge in [-0.3, -0.25) is 4.79 Å². The Kier molecular flexibility index (Phi) is 6.09. The fourth-order valence-electron chi connectivity index (χ4n) is 2.77. The second-order valence-electron chi connectivity index (χ2n) is 6.11. The lowest BCUT2D eigenvalue weighted by atomic mass is 9.97. The number of rotatable bonds is 7. The number of benzene rings is 3. The summed E-state index contributed by atoms with van der Waals surface area (Å²) in [6.07, 6.45) is 0.223. The van der Waals surface area contributed by atoms with Gasteiger partial charge < -0.3 is 10.1 Å². The molecule has 0 saturated carbocycles. The molecule has 1 N–H and O–H groups in total. The van der Waals surface area contributed by atoms with Gasteiger partial charge in [0.1, 0.15) is 11.6 Å². The molecule has 3 aromatic rings. The predicted octanol–water partition coefficient (Wildman–Crippen LogP) is 5.91.